The Hall–Kier alpha value is -0.260. The molecular formula is C15H30. The van der Waals surface area contributed by atoms with E-state index < -0.39 is 0 Å². The molecule has 15 heavy (non-hydrogen) atoms. The molecule has 0 aromatic heterocycles. The molecule has 0 aliphatic rings. The molecule has 0 aromatic carbocycles. The maximum atomic E-state index is 4.01. The first kappa shape index (κ1) is 14.7. The zero-order valence-electron chi connectivity index (χ0n) is 11.8. The SMILES string of the molecule is C=CC(C)(CC)C(C)C(C)C(C)C(C)C. The molecule has 0 N–H and O–H groups in total. The third-order valence-electron chi connectivity index (χ3n) is 4.94. The van der Waals surface area contributed by atoms with Crippen LogP contribution in [0.5, 0.6) is 0 Å². The lowest BCUT2D eigenvalue weighted by molar-refractivity contribution is 0.128. The molecule has 0 rings (SSSR count). The minimum Gasteiger partial charge on any atom is -0.103 e. The smallest absolute Gasteiger partial charge is 0.0124 e. The van der Waals surface area contributed by atoms with Crippen LogP contribution >= 0.6 is 0 Å². The zero-order valence-corrected chi connectivity index (χ0v) is 11.8. The van der Waals surface area contributed by atoms with E-state index in [1.165, 1.54) is 6.42 Å². The Kier molecular flexibility index (Phi) is 5.62. The van der Waals surface area contributed by atoms with Crippen molar-refractivity contribution < 1.29 is 0 Å². The molecule has 4 atom stereocenters. The lowest BCUT2D eigenvalue weighted by Gasteiger charge is -2.39. The predicted octanol–water partition coefficient (Wildman–Crippen LogP) is 5.15. The van der Waals surface area contributed by atoms with Crippen molar-refractivity contribution in [2.45, 2.75) is 54.9 Å². The van der Waals surface area contributed by atoms with Gasteiger partial charge in [0.05, 0.1) is 0 Å². The Labute approximate surface area is 97.2 Å². The predicted molar refractivity (Wildman–Crippen MR) is 70.9 cm³/mol. The Morgan fingerprint density at radius 2 is 1.53 bits per heavy atom. The quantitative estimate of drug-likeness (QED) is 0.532. The van der Waals surface area contributed by atoms with Crippen LogP contribution in [0.3, 0.4) is 0 Å². The highest BCUT2D eigenvalue weighted by Gasteiger charge is 2.33. The number of hydrogen-bond acceptors (Lipinski definition) is 0. The van der Waals surface area contributed by atoms with E-state index in [0.717, 1.165) is 17.8 Å². The average molecular weight is 210 g/mol. The molecule has 0 saturated carbocycles. The van der Waals surface area contributed by atoms with E-state index in [2.05, 4.69) is 61.1 Å². The Balaban J connectivity index is 4.68. The van der Waals surface area contributed by atoms with E-state index >= 15 is 0 Å². The monoisotopic (exact) mass is 210 g/mol. The molecule has 0 amide bonds. The highest BCUT2D eigenvalue weighted by atomic mass is 14.4. The minimum absolute atomic E-state index is 0.294. The second-order valence-corrected chi connectivity index (χ2v) is 5.81. The molecule has 4 unspecified atom stereocenters. The topological polar surface area (TPSA) is 0 Å². The summed E-state index contributed by atoms with van der Waals surface area (Å²) in [6.45, 7) is 20.4. The van der Waals surface area contributed by atoms with Crippen LogP contribution in [0.2, 0.25) is 0 Å². The molecule has 0 aromatic rings. The van der Waals surface area contributed by atoms with Crippen molar-refractivity contribution >= 4 is 0 Å². The van der Waals surface area contributed by atoms with Gasteiger partial charge in [-0.05, 0) is 35.5 Å². The summed E-state index contributed by atoms with van der Waals surface area (Å²) in [5, 5.41) is 0. The van der Waals surface area contributed by atoms with Gasteiger partial charge in [-0.3, -0.25) is 0 Å². The van der Waals surface area contributed by atoms with Gasteiger partial charge < -0.3 is 0 Å². The van der Waals surface area contributed by atoms with Gasteiger partial charge in [-0.2, -0.15) is 0 Å². The van der Waals surface area contributed by atoms with Crippen LogP contribution in [0.1, 0.15) is 54.9 Å². The number of hydrogen-bond donors (Lipinski definition) is 0. The van der Waals surface area contributed by atoms with Crippen LogP contribution in [-0.2, 0) is 0 Å². The third-order valence-corrected chi connectivity index (χ3v) is 4.94. The first-order valence-electron chi connectivity index (χ1n) is 6.43. The summed E-state index contributed by atoms with van der Waals surface area (Å²) in [4.78, 5) is 0. The lowest BCUT2D eigenvalue weighted by atomic mass is 9.66. The van der Waals surface area contributed by atoms with E-state index in [1.54, 1.807) is 0 Å². The summed E-state index contributed by atoms with van der Waals surface area (Å²) in [6.07, 6.45) is 3.34. The largest absolute Gasteiger partial charge is 0.103 e. The highest BCUT2D eigenvalue weighted by Crippen LogP contribution is 2.41. The van der Waals surface area contributed by atoms with Crippen molar-refractivity contribution in [1.82, 2.24) is 0 Å². The molecule has 0 fully saturated rings. The van der Waals surface area contributed by atoms with Crippen molar-refractivity contribution in [1.29, 1.82) is 0 Å². The van der Waals surface area contributed by atoms with E-state index in [1.807, 2.05) is 0 Å². The first-order chi connectivity index (χ1) is 6.80. The lowest BCUT2D eigenvalue weighted by Crippen LogP contribution is -2.32. The molecule has 0 bridgehead atoms. The zero-order chi connectivity index (χ0) is 12.2. The van der Waals surface area contributed by atoms with Crippen LogP contribution in [0, 0.1) is 29.1 Å². The molecular weight excluding hydrogens is 180 g/mol. The maximum absolute atomic E-state index is 4.01. The van der Waals surface area contributed by atoms with E-state index in [0.29, 0.717) is 11.3 Å². The summed E-state index contributed by atoms with van der Waals surface area (Å²) in [5.41, 5.74) is 0.294. The molecule has 0 spiro atoms. The summed E-state index contributed by atoms with van der Waals surface area (Å²) in [6, 6.07) is 0. The van der Waals surface area contributed by atoms with Crippen molar-refractivity contribution in [2.24, 2.45) is 29.1 Å². The van der Waals surface area contributed by atoms with Gasteiger partial charge in [0.25, 0.3) is 0 Å². The fourth-order valence-corrected chi connectivity index (χ4v) is 2.32. The molecule has 0 aliphatic carbocycles. The van der Waals surface area contributed by atoms with Crippen molar-refractivity contribution in [3.8, 4) is 0 Å². The molecule has 0 radical (unpaired) electrons. The van der Waals surface area contributed by atoms with Crippen molar-refractivity contribution in [2.75, 3.05) is 0 Å². The number of rotatable bonds is 6. The van der Waals surface area contributed by atoms with Gasteiger partial charge in [-0.25, -0.2) is 0 Å². The second-order valence-electron chi connectivity index (χ2n) is 5.81. The van der Waals surface area contributed by atoms with Crippen molar-refractivity contribution in [3.63, 3.8) is 0 Å². The third kappa shape index (κ3) is 3.36. The van der Waals surface area contributed by atoms with E-state index in [9.17, 15) is 0 Å². The Morgan fingerprint density at radius 3 is 1.80 bits per heavy atom. The molecule has 90 valence electrons. The first-order valence-corrected chi connectivity index (χ1v) is 6.43. The number of allylic oxidation sites excluding steroid dienone is 1. The van der Waals surface area contributed by atoms with Gasteiger partial charge in [0, 0.05) is 0 Å². The Bertz CT molecular complexity index is 192. The van der Waals surface area contributed by atoms with Crippen LogP contribution in [0.25, 0.3) is 0 Å². The van der Waals surface area contributed by atoms with Crippen LogP contribution in [0.15, 0.2) is 12.7 Å². The molecule has 0 aliphatic heterocycles. The van der Waals surface area contributed by atoms with Crippen molar-refractivity contribution in [3.05, 3.63) is 12.7 Å². The van der Waals surface area contributed by atoms with E-state index in [4.69, 9.17) is 0 Å². The summed E-state index contributed by atoms with van der Waals surface area (Å²) in [7, 11) is 0. The summed E-state index contributed by atoms with van der Waals surface area (Å²) >= 11 is 0. The van der Waals surface area contributed by atoms with Gasteiger partial charge in [0.15, 0.2) is 0 Å². The fourth-order valence-electron chi connectivity index (χ4n) is 2.32. The molecule has 0 nitrogen and oxygen atoms in total. The highest BCUT2D eigenvalue weighted by molar-refractivity contribution is 4.96. The average Bonchev–Trinajstić information content (AvgIpc) is 2.24. The molecule has 0 heterocycles. The van der Waals surface area contributed by atoms with Crippen LogP contribution in [-0.4, -0.2) is 0 Å². The van der Waals surface area contributed by atoms with E-state index in [-0.39, 0.29) is 0 Å². The Morgan fingerprint density at radius 1 is 1.07 bits per heavy atom. The second kappa shape index (κ2) is 5.72. The molecule has 0 heteroatoms. The van der Waals surface area contributed by atoms with Gasteiger partial charge in [-0.15, -0.1) is 6.58 Å². The molecule has 0 saturated heterocycles. The normalized spacial score (nSPS) is 21.9. The fraction of sp³-hybridized carbons (Fsp3) is 0.867. The summed E-state index contributed by atoms with van der Waals surface area (Å²) in [5.74, 6) is 3.02. The maximum Gasteiger partial charge on any atom is -0.0124 e. The van der Waals surface area contributed by atoms with Gasteiger partial charge in [-0.1, -0.05) is 54.5 Å². The van der Waals surface area contributed by atoms with Gasteiger partial charge in [0.1, 0.15) is 0 Å². The van der Waals surface area contributed by atoms with Crippen LogP contribution < -0.4 is 0 Å². The van der Waals surface area contributed by atoms with Gasteiger partial charge >= 0.3 is 0 Å². The standard InChI is InChI=1S/C15H30/c1-9-15(8,10-2)14(7)13(6)12(5)11(3)4/h9,11-14H,1,10H2,2-8H3. The van der Waals surface area contributed by atoms with Gasteiger partial charge in [0.2, 0.25) is 0 Å². The van der Waals surface area contributed by atoms with Crippen LogP contribution in [0.4, 0.5) is 0 Å². The summed E-state index contributed by atoms with van der Waals surface area (Å²) < 4.78 is 0. The minimum atomic E-state index is 0.294.